The average molecular weight is 190 g/mol. The van der Waals surface area contributed by atoms with Crippen LogP contribution >= 0.6 is 0 Å². The summed E-state index contributed by atoms with van der Waals surface area (Å²) in [6.07, 6.45) is 6.90. The van der Waals surface area contributed by atoms with E-state index in [0.29, 0.717) is 0 Å². The van der Waals surface area contributed by atoms with Crippen molar-refractivity contribution in [3.05, 3.63) is 11.9 Å². The minimum atomic E-state index is -0.157. The molecule has 1 aromatic heterocycles. The fourth-order valence-electron chi connectivity index (χ4n) is 2.20. The molecule has 1 saturated carbocycles. The second kappa shape index (κ2) is 3.41. The van der Waals surface area contributed by atoms with Crippen LogP contribution in [0.5, 0.6) is 0 Å². The number of hydrogen-bond acceptors (Lipinski definition) is 3. The van der Waals surface area contributed by atoms with E-state index in [1.165, 1.54) is 12.8 Å². The van der Waals surface area contributed by atoms with Crippen molar-refractivity contribution in [2.75, 3.05) is 0 Å². The fourth-order valence-corrected chi connectivity index (χ4v) is 2.20. The Kier molecular flexibility index (Phi) is 2.24. The molecule has 0 unspecified atom stereocenters. The molecule has 0 aromatic carbocycles. The highest BCUT2D eigenvalue weighted by molar-refractivity contribution is 5.09. The van der Waals surface area contributed by atoms with Gasteiger partial charge in [-0.3, -0.25) is 0 Å². The largest absolute Gasteiger partial charge is 0.198 e. The molecule has 74 valence electrons. The molecule has 0 bridgehead atoms. The molecule has 1 aromatic rings. The molecule has 0 radical (unpaired) electrons. The zero-order valence-corrected chi connectivity index (χ0v) is 8.40. The summed E-state index contributed by atoms with van der Waals surface area (Å²) in [7, 11) is 1.80. The highest BCUT2D eigenvalue weighted by atomic mass is 15.4. The molecule has 0 aliphatic heterocycles. The van der Waals surface area contributed by atoms with Crippen LogP contribution in [0.2, 0.25) is 0 Å². The monoisotopic (exact) mass is 190 g/mol. The minimum absolute atomic E-state index is 0.157. The van der Waals surface area contributed by atoms with Crippen LogP contribution in [0.1, 0.15) is 31.4 Å². The van der Waals surface area contributed by atoms with E-state index >= 15 is 0 Å². The summed E-state index contributed by atoms with van der Waals surface area (Å²) in [4.78, 5) is 1.55. The molecule has 4 heteroatoms. The van der Waals surface area contributed by atoms with Crippen LogP contribution in [0.25, 0.3) is 0 Å². The highest BCUT2D eigenvalue weighted by Gasteiger charge is 2.34. The van der Waals surface area contributed by atoms with Crippen molar-refractivity contribution in [2.45, 2.75) is 32.1 Å². The van der Waals surface area contributed by atoms with E-state index in [-0.39, 0.29) is 5.41 Å². The summed E-state index contributed by atoms with van der Waals surface area (Å²) in [6.45, 7) is 0. The van der Waals surface area contributed by atoms with Crippen molar-refractivity contribution in [1.29, 1.82) is 5.26 Å². The summed E-state index contributed by atoms with van der Waals surface area (Å²) in [5.41, 5.74) is 0.784. The van der Waals surface area contributed by atoms with E-state index in [2.05, 4.69) is 16.3 Å². The summed E-state index contributed by atoms with van der Waals surface area (Å²) >= 11 is 0. The van der Waals surface area contributed by atoms with Gasteiger partial charge in [0.2, 0.25) is 0 Å². The molecule has 0 spiro atoms. The van der Waals surface area contributed by atoms with E-state index < -0.39 is 0 Å². The van der Waals surface area contributed by atoms with Gasteiger partial charge in [-0.05, 0) is 12.8 Å². The molecule has 1 heterocycles. The predicted octanol–water partition coefficient (Wildman–Crippen LogP) is 1.44. The van der Waals surface area contributed by atoms with Gasteiger partial charge < -0.3 is 0 Å². The van der Waals surface area contributed by atoms with Crippen LogP contribution in [0.3, 0.4) is 0 Å². The molecule has 2 rings (SSSR count). The Bertz CT molecular complexity index is 354. The second-order valence-electron chi connectivity index (χ2n) is 4.10. The first-order valence-electron chi connectivity index (χ1n) is 5.01. The van der Waals surface area contributed by atoms with Crippen LogP contribution in [0, 0.1) is 16.7 Å². The Morgan fingerprint density at radius 3 is 2.79 bits per heavy atom. The lowest BCUT2D eigenvalue weighted by molar-refractivity contribution is 0.401. The van der Waals surface area contributed by atoms with Crippen LogP contribution in [-0.4, -0.2) is 15.0 Å². The lowest BCUT2D eigenvalue weighted by Gasteiger charge is -2.17. The number of aryl methyl sites for hydroxylation is 1. The first-order valence-corrected chi connectivity index (χ1v) is 5.01. The van der Waals surface area contributed by atoms with Gasteiger partial charge in [-0.2, -0.15) is 20.3 Å². The van der Waals surface area contributed by atoms with Crippen molar-refractivity contribution in [3.8, 4) is 6.07 Å². The van der Waals surface area contributed by atoms with E-state index in [9.17, 15) is 5.26 Å². The molecule has 4 nitrogen and oxygen atoms in total. The molecule has 14 heavy (non-hydrogen) atoms. The zero-order chi connectivity index (χ0) is 10.0. The number of nitrogens with zero attached hydrogens (tertiary/aromatic N) is 4. The Morgan fingerprint density at radius 1 is 1.57 bits per heavy atom. The molecule has 1 fully saturated rings. The number of hydrogen-bond donors (Lipinski definition) is 0. The maximum atomic E-state index is 9.18. The molecule has 0 saturated heterocycles. The van der Waals surface area contributed by atoms with E-state index in [1.807, 2.05) is 0 Å². The number of nitriles is 1. The minimum Gasteiger partial charge on any atom is -0.198 e. The van der Waals surface area contributed by atoms with Crippen LogP contribution in [0.4, 0.5) is 0 Å². The molecule has 0 atom stereocenters. The quantitative estimate of drug-likeness (QED) is 0.709. The Morgan fingerprint density at radius 2 is 2.29 bits per heavy atom. The Labute approximate surface area is 83.5 Å². The first kappa shape index (κ1) is 9.20. The fraction of sp³-hybridized carbons (Fsp3) is 0.700. The van der Waals surface area contributed by atoms with Gasteiger partial charge in [-0.25, -0.2) is 0 Å². The summed E-state index contributed by atoms with van der Waals surface area (Å²) in [5, 5.41) is 17.4. The third-order valence-corrected chi connectivity index (χ3v) is 2.96. The van der Waals surface area contributed by atoms with Crippen molar-refractivity contribution < 1.29 is 0 Å². The van der Waals surface area contributed by atoms with Gasteiger partial charge in [0.15, 0.2) is 0 Å². The average Bonchev–Trinajstić information content (AvgIpc) is 2.77. The first-order chi connectivity index (χ1) is 6.74. The van der Waals surface area contributed by atoms with Crippen LogP contribution in [0.15, 0.2) is 6.20 Å². The maximum Gasteiger partial charge on any atom is 0.0843 e. The van der Waals surface area contributed by atoms with Gasteiger partial charge in [0.25, 0.3) is 0 Å². The van der Waals surface area contributed by atoms with Crippen LogP contribution in [-0.2, 0) is 13.5 Å². The molecule has 0 amide bonds. The van der Waals surface area contributed by atoms with Gasteiger partial charge in [0.05, 0.1) is 23.4 Å². The van der Waals surface area contributed by atoms with E-state index in [4.69, 9.17) is 0 Å². The Balaban J connectivity index is 2.13. The summed E-state index contributed by atoms with van der Waals surface area (Å²) < 4.78 is 0. The zero-order valence-electron chi connectivity index (χ0n) is 8.40. The number of rotatable bonds is 2. The summed E-state index contributed by atoms with van der Waals surface area (Å²) in [5.74, 6) is 0. The Hall–Kier alpha value is -1.37. The molecular formula is C10H14N4. The van der Waals surface area contributed by atoms with Gasteiger partial charge in [0, 0.05) is 13.5 Å². The van der Waals surface area contributed by atoms with Crippen molar-refractivity contribution in [2.24, 2.45) is 12.5 Å². The lowest BCUT2D eigenvalue weighted by atomic mass is 9.83. The SMILES string of the molecule is Cn1ncc(CC2(C#N)CCCC2)n1. The van der Waals surface area contributed by atoms with Crippen molar-refractivity contribution in [3.63, 3.8) is 0 Å². The van der Waals surface area contributed by atoms with Gasteiger partial charge in [-0.15, -0.1) is 0 Å². The highest BCUT2D eigenvalue weighted by Crippen LogP contribution is 2.39. The summed E-state index contributed by atoms with van der Waals surface area (Å²) in [6, 6.07) is 2.46. The topological polar surface area (TPSA) is 54.5 Å². The van der Waals surface area contributed by atoms with Gasteiger partial charge >= 0.3 is 0 Å². The predicted molar refractivity (Wildman–Crippen MR) is 51.2 cm³/mol. The molecule has 0 N–H and O–H groups in total. The number of aromatic nitrogens is 3. The second-order valence-corrected chi connectivity index (χ2v) is 4.10. The van der Waals surface area contributed by atoms with Gasteiger partial charge in [-0.1, -0.05) is 12.8 Å². The van der Waals surface area contributed by atoms with Crippen LogP contribution < -0.4 is 0 Å². The van der Waals surface area contributed by atoms with E-state index in [0.717, 1.165) is 25.0 Å². The third-order valence-electron chi connectivity index (χ3n) is 2.96. The molecule has 1 aliphatic rings. The maximum absolute atomic E-state index is 9.18. The van der Waals surface area contributed by atoms with Crippen molar-refractivity contribution in [1.82, 2.24) is 15.0 Å². The molecular weight excluding hydrogens is 176 g/mol. The normalized spacial score (nSPS) is 19.4. The van der Waals surface area contributed by atoms with Crippen molar-refractivity contribution >= 4 is 0 Å². The third kappa shape index (κ3) is 1.63. The van der Waals surface area contributed by atoms with Gasteiger partial charge in [0.1, 0.15) is 0 Å². The lowest BCUT2D eigenvalue weighted by Crippen LogP contribution is -2.17. The molecule has 1 aliphatic carbocycles. The smallest absolute Gasteiger partial charge is 0.0843 e. The van der Waals surface area contributed by atoms with E-state index in [1.54, 1.807) is 18.0 Å². The standard InChI is InChI=1S/C10H14N4/c1-14-12-7-9(13-14)6-10(8-11)4-2-3-5-10/h7H,2-6H2,1H3.